The van der Waals surface area contributed by atoms with Crippen LogP contribution in [-0.4, -0.2) is 71.2 Å². The number of carbonyl (C=O) groups is 2. The Morgan fingerprint density at radius 2 is 1.53 bits per heavy atom. The number of nitrogens with zero attached hydrogens (tertiary/aromatic N) is 4. The van der Waals surface area contributed by atoms with E-state index in [0.717, 1.165) is 29.8 Å². The zero-order chi connectivity index (χ0) is 21.3. The van der Waals surface area contributed by atoms with Crippen molar-refractivity contribution >= 4 is 17.8 Å². The summed E-state index contributed by atoms with van der Waals surface area (Å²) in [5.74, 6) is 0.957. The summed E-state index contributed by atoms with van der Waals surface area (Å²) >= 11 is 0. The van der Waals surface area contributed by atoms with E-state index in [1.165, 1.54) is 4.90 Å². The molecule has 4 rings (SSSR count). The number of aromatic nitrogens is 1. The minimum absolute atomic E-state index is 0.0545. The number of anilines is 1. The first-order valence-electron chi connectivity index (χ1n) is 10.5. The third kappa shape index (κ3) is 4.25. The Morgan fingerprint density at radius 1 is 0.933 bits per heavy atom. The van der Waals surface area contributed by atoms with Gasteiger partial charge in [0.05, 0.1) is 0 Å². The fourth-order valence-corrected chi connectivity index (χ4v) is 4.09. The Kier molecular flexibility index (Phi) is 5.61. The van der Waals surface area contributed by atoms with Crippen LogP contribution >= 0.6 is 0 Å². The van der Waals surface area contributed by atoms with Crippen LogP contribution in [0.5, 0.6) is 0 Å². The lowest BCUT2D eigenvalue weighted by Gasteiger charge is -2.38. The number of rotatable bonds is 5. The maximum Gasteiger partial charge on any atom is 0.407 e. The van der Waals surface area contributed by atoms with E-state index in [2.05, 4.69) is 4.98 Å². The zero-order valence-corrected chi connectivity index (χ0v) is 17.5. The SMILES string of the molecule is CN(C)c1ccc(-c2ccc(C(=O)N(C3CC3)C3CCN(C(=O)O)CC3)cc2)cn1. The molecule has 2 aliphatic rings. The number of hydrogen-bond acceptors (Lipinski definition) is 4. The molecule has 30 heavy (non-hydrogen) atoms. The van der Waals surface area contributed by atoms with Crippen molar-refractivity contribution in [2.24, 2.45) is 0 Å². The van der Waals surface area contributed by atoms with Crippen molar-refractivity contribution in [2.75, 3.05) is 32.1 Å². The van der Waals surface area contributed by atoms with Gasteiger partial charge in [-0.1, -0.05) is 12.1 Å². The van der Waals surface area contributed by atoms with Crippen LogP contribution in [0.1, 0.15) is 36.0 Å². The number of likely N-dealkylation sites (tertiary alicyclic amines) is 1. The molecule has 1 aromatic heterocycles. The molecule has 2 fully saturated rings. The van der Waals surface area contributed by atoms with Crippen LogP contribution in [0.25, 0.3) is 11.1 Å². The van der Waals surface area contributed by atoms with Gasteiger partial charge in [-0.15, -0.1) is 0 Å². The molecule has 0 atom stereocenters. The van der Waals surface area contributed by atoms with E-state index >= 15 is 0 Å². The summed E-state index contributed by atoms with van der Waals surface area (Å²) in [6.45, 7) is 0.983. The van der Waals surface area contributed by atoms with Gasteiger partial charge in [-0.25, -0.2) is 9.78 Å². The molecule has 0 radical (unpaired) electrons. The molecule has 1 saturated heterocycles. The Morgan fingerprint density at radius 3 is 2.03 bits per heavy atom. The lowest BCUT2D eigenvalue weighted by molar-refractivity contribution is 0.0551. The summed E-state index contributed by atoms with van der Waals surface area (Å²) in [5.41, 5.74) is 2.72. The Bertz CT molecular complexity index is 899. The predicted octanol–water partition coefficient (Wildman–Crippen LogP) is 3.56. The molecule has 2 aromatic rings. The minimum Gasteiger partial charge on any atom is -0.465 e. The van der Waals surface area contributed by atoms with E-state index in [4.69, 9.17) is 0 Å². The summed E-state index contributed by atoms with van der Waals surface area (Å²) in [7, 11) is 3.92. The van der Waals surface area contributed by atoms with Crippen LogP contribution in [0.3, 0.4) is 0 Å². The lowest BCUT2D eigenvalue weighted by Crippen LogP contribution is -2.49. The third-order valence-corrected chi connectivity index (χ3v) is 5.97. The molecule has 1 N–H and O–H groups in total. The fraction of sp³-hybridized carbons (Fsp3) is 0.435. The molecule has 2 amide bonds. The van der Waals surface area contributed by atoms with Gasteiger partial charge in [0.2, 0.25) is 0 Å². The highest BCUT2D eigenvalue weighted by molar-refractivity contribution is 5.95. The number of carboxylic acid groups (broad SMARTS) is 1. The third-order valence-electron chi connectivity index (χ3n) is 5.97. The van der Waals surface area contributed by atoms with Crippen molar-refractivity contribution in [1.29, 1.82) is 0 Å². The standard InChI is InChI=1S/C23H28N4O3/c1-25(2)21-10-7-18(15-24-21)16-3-5-17(6-4-16)22(28)27(19-8-9-19)20-11-13-26(14-12-20)23(29)30/h3-7,10,15,19-20H,8-9,11-14H2,1-2H3,(H,29,30). The molecule has 0 unspecified atom stereocenters. The summed E-state index contributed by atoms with van der Waals surface area (Å²) in [4.78, 5) is 34.3. The van der Waals surface area contributed by atoms with E-state index in [1.807, 2.05) is 66.5 Å². The predicted molar refractivity (Wildman–Crippen MR) is 116 cm³/mol. The molecule has 7 heteroatoms. The van der Waals surface area contributed by atoms with Crippen LogP contribution in [0.2, 0.25) is 0 Å². The zero-order valence-electron chi connectivity index (χ0n) is 17.5. The lowest BCUT2D eigenvalue weighted by atomic mass is 10.0. The van der Waals surface area contributed by atoms with Crippen molar-refractivity contribution in [1.82, 2.24) is 14.8 Å². The fourth-order valence-electron chi connectivity index (χ4n) is 4.09. The molecule has 1 aliphatic heterocycles. The van der Waals surface area contributed by atoms with Crippen molar-refractivity contribution in [2.45, 2.75) is 37.8 Å². The van der Waals surface area contributed by atoms with Crippen molar-refractivity contribution < 1.29 is 14.7 Å². The van der Waals surface area contributed by atoms with Gasteiger partial charge in [0.1, 0.15) is 5.82 Å². The molecule has 1 aromatic carbocycles. The number of benzene rings is 1. The molecule has 1 saturated carbocycles. The minimum atomic E-state index is -0.874. The Balaban J connectivity index is 1.47. The van der Waals surface area contributed by atoms with Crippen molar-refractivity contribution in [3.63, 3.8) is 0 Å². The number of hydrogen-bond donors (Lipinski definition) is 1. The average Bonchev–Trinajstić information content (AvgIpc) is 3.59. The second-order valence-corrected chi connectivity index (χ2v) is 8.32. The first-order chi connectivity index (χ1) is 14.4. The quantitative estimate of drug-likeness (QED) is 0.819. The second kappa shape index (κ2) is 8.34. The van der Waals surface area contributed by atoms with Gasteiger partial charge >= 0.3 is 6.09 Å². The number of amides is 2. The summed E-state index contributed by atoms with van der Waals surface area (Å²) in [6.07, 6.45) is 4.45. The molecular formula is C23H28N4O3. The van der Waals surface area contributed by atoms with Gasteiger partial charge < -0.3 is 19.8 Å². The number of piperidine rings is 1. The Hall–Kier alpha value is -3.09. The second-order valence-electron chi connectivity index (χ2n) is 8.32. The van der Waals surface area contributed by atoms with Gasteiger partial charge in [0.25, 0.3) is 5.91 Å². The van der Waals surface area contributed by atoms with Gasteiger partial charge in [-0.3, -0.25) is 4.79 Å². The Labute approximate surface area is 176 Å². The molecule has 2 heterocycles. The van der Waals surface area contributed by atoms with Crippen LogP contribution in [0.15, 0.2) is 42.6 Å². The molecule has 1 aliphatic carbocycles. The smallest absolute Gasteiger partial charge is 0.407 e. The van der Waals surface area contributed by atoms with Crippen LogP contribution < -0.4 is 4.90 Å². The van der Waals surface area contributed by atoms with E-state index in [-0.39, 0.29) is 11.9 Å². The highest BCUT2D eigenvalue weighted by Crippen LogP contribution is 2.33. The van der Waals surface area contributed by atoms with Gasteiger partial charge in [-0.2, -0.15) is 0 Å². The van der Waals surface area contributed by atoms with Crippen molar-refractivity contribution in [3.05, 3.63) is 48.2 Å². The van der Waals surface area contributed by atoms with Gasteiger partial charge in [0, 0.05) is 56.6 Å². The topological polar surface area (TPSA) is 77.0 Å². The van der Waals surface area contributed by atoms with Crippen molar-refractivity contribution in [3.8, 4) is 11.1 Å². The maximum atomic E-state index is 13.3. The van der Waals surface area contributed by atoms with Gasteiger partial charge in [0.15, 0.2) is 0 Å². The maximum absolute atomic E-state index is 13.3. The highest BCUT2D eigenvalue weighted by Gasteiger charge is 2.39. The first kappa shape index (κ1) is 20.2. The molecule has 0 spiro atoms. The van der Waals surface area contributed by atoms with Crippen LogP contribution in [0, 0.1) is 0 Å². The number of carbonyl (C=O) groups excluding carboxylic acids is 1. The average molecular weight is 409 g/mol. The van der Waals surface area contributed by atoms with Crippen LogP contribution in [-0.2, 0) is 0 Å². The normalized spacial score (nSPS) is 16.9. The molecule has 0 bridgehead atoms. The summed E-state index contributed by atoms with van der Waals surface area (Å²) < 4.78 is 0. The van der Waals surface area contributed by atoms with E-state index in [0.29, 0.717) is 37.5 Å². The largest absolute Gasteiger partial charge is 0.465 e. The van der Waals surface area contributed by atoms with E-state index < -0.39 is 6.09 Å². The summed E-state index contributed by atoms with van der Waals surface area (Å²) in [6, 6.07) is 12.1. The highest BCUT2D eigenvalue weighted by atomic mass is 16.4. The summed E-state index contributed by atoms with van der Waals surface area (Å²) in [5, 5.41) is 9.17. The van der Waals surface area contributed by atoms with E-state index in [1.54, 1.807) is 0 Å². The number of pyridine rings is 1. The first-order valence-corrected chi connectivity index (χ1v) is 10.5. The monoisotopic (exact) mass is 408 g/mol. The van der Waals surface area contributed by atoms with E-state index in [9.17, 15) is 14.7 Å². The molecule has 7 nitrogen and oxygen atoms in total. The van der Waals surface area contributed by atoms with Crippen LogP contribution in [0.4, 0.5) is 10.6 Å². The molecule has 158 valence electrons. The molecular weight excluding hydrogens is 380 g/mol. The van der Waals surface area contributed by atoms with Gasteiger partial charge in [-0.05, 0) is 55.5 Å².